The van der Waals surface area contributed by atoms with Crippen LogP contribution in [0.2, 0.25) is 5.02 Å². The third kappa shape index (κ3) is 5.10. The molecule has 4 aromatic rings. The molecule has 4 N–H and O–H groups in total. The lowest BCUT2D eigenvalue weighted by Gasteiger charge is -2.18. The standard InChI is InChI=1S/C23H21ClN4O4S/c1-2-19(14-3-7-16(24)8-4-14)25-22(29)15-5-9-17(10-6-15)28-33(31,32)18-11-12-20-21(13-18)27-23(30)26-20/h3-13,19,28H,2H2,1H3,(H,25,29)(H2,26,27,30). The number of halogens is 1. The Kier molecular flexibility index (Phi) is 6.26. The first-order chi connectivity index (χ1) is 15.7. The number of benzene rings is 3. The Morgan fingerprint density at radius 1 is 0.970 bits per heavy atom. The smallest absolute Gasteiger partial charge is 0.323 e. The topological polar surface area (TPSA) is 124 Å². The van der Waals surface area contributed by atoms with Crippen molar-refractivity contribution in [3.05, 3.63) is 93.4 Å². The summed E-state index contributed by atoms with van der Waals surface area (Å²) >= 11 is 5.94. The van der Waals surface area contributed by atoms with Gasteiger partial charge in [0.05, 0.1) is 22.0 Å². The third-order valence-corrected chi connectivity index (χ3v) is 6.81. The van der Waals surface area contributed by atoms with Crippen LogP contribution in [0.3, 0.4) is 0 Å². The molecular formula is C23H21ClN4O4S. The van der Waals surface area contributed by atoms with Crippen LogP contribution in [0.25, 0.3) is 11.0 Å². The van der Waals surface area contributed by atoms with Gasteiger partial charge < -0.3 is 15.3 Å². The van der Waals surface area contributed by atoms with E-state index in [0.717, 1.165) is 5.56 Å². The largest absolute Gasteiger partial charge is 0.345 e. The fourth-order valence-electron chi connectivity index (χ4n) is 3.44. The van der Waals surface area contributed by atoms with Gasteiger partial charge in [0.1, 0.15) is 0 Å². The van der Waals surface area contributed by atoms with Gasteiger partial charge in [0.25, 0.3) is 15.9 Å². The molecule has 33 heavy (non-hydrogen) atoms. The second-order valence-electron chi connectivity index (χ2n) is 7.46. The first-order valence-corrected chi connectivity index (χ1v) is 12.0. The second kappa shape index (κ2) is 9.13. The van der Waals surface area contributed by atoms with Crippen molar-refractivity contribution in [3.8, 4) is 0 Å². The summed E-state index contributed by atoms with van der Waals surface area (Å²) in [4.78, 5) is 29.2. The van der Waals surface area contributed by atoms with E-state index in [1.165, 1.54) is 30.3 Å². The van der Waals surface area contributed by atoms with Crippen molar-refractivity contribution in [1.82, 2.24) is 15.3 Å². The van der Waals surface area contributed by atoms with Crippen LogP contribution in [0.15, 0.2) is 76.4 Å². The fourth-order valence-corrected chi connectivity index (χ4v) is 4.65. The highest BCUT2D eigenvalue weighted by atomic mass is 35.5. The minimum Gasteiger partial charge on any atom is -0.345 e. The maximum atomic E-state index is 12.7. The molecular weight excluding hydrogens is 464 g/mol. The van der Waals surface area contributed by atoms with Crippen LogP contribution in [-0.2, 0) is 10.0 Å². The van der Waals surface area contributed by atoms with Crippen LogP contribution in [0.5, 0.6) is 0 Å². The van der Waals surface area contributed by atoms with E-state index in [9.17, 15) is 18.0 Å². The Labute approximate surface area is 195 Å². The lowest BCUT2D eigenvalue weighted by atomic mass is 10.0. The molecule has 0 bridgehead atoms. The number of hydrogen-bond donors (Lipinski definition) is 4. The molecule has 0 aliphatic carbocycles. The van der Waals surface area contributed by atoms with E-state index >= 15 is 0 Å². The van der Waals surface area contributed by atoms with Crippen molar-refractivity contribution in [2.75, 3.05) is 4.72 Å². The molecule has 0 spiro atoms. The van der Waals surface area contributed by atoms with Gasteiger partial charge in [-0.15, -0.1) is 0 Å². The molecule has 0 radical (unpaired) electrons. The van der Waals surface area contributed by atoms with Gasteiger partial charge in [0.2, 0.25) is 0 Å². The average Bonchev–Trinajstić information content (AvgIpc) is 3.17. The van der Waals surface area contributed by atoms with Crippen LogP contribution in [0, 0.1) is 0 Å². The predicted molar refractivity (Wildman–Crippen MR) is 128 cm³/mol. The van der Waals surface area contributed by atoms with Crippen molar-refractivity contribution in [2.24, 2.45) is 0 Å². The van der Waals surface area contributed by atoms with Crippen molar-refractivity contribution < 1.29 is 13.2 Å². The first-order valence-electron chi connectivity index (χ1n) is 10.2. The van der Waals surface area contributed by atoms with Gasteiger partial charge in [0, 0.05) is 16.3 Å². The molecule has 0 saturated heterocycles. The molecule has 1 heterocycles. The molecule has 10 heteroatoms. The predicted octanol–water partition coefficient (Wildman–Crippen LogP) is 4.19. The number of aromatic nitrogens is 2. The van der Waals surface area contributed by atoms with Gasteiger partial charge >= 0.3 is 5.69 Å². The summed E-state index contributed by atoms with van der Waals surface area (Å²) in [6.45, 7) is 1.97. The molecule has 1 amide bonds. The molecule has 0 aliphatic heterocycles. The molecule has 170 valence electrons. The van der Waals surface area contributed by atoms with E-state index in [0.29, 0.717) is 33.7 Å². The van der Waals surface area contributed by atoms with E-state index in [2.05, 4.69) is 20.0 Å². The van der Waals surface area contributed by atoms with Gasteiger partial charge in [-0.25, -0.2) is 13.2 Å². The molecule has 4 rings (SSSR count). The van der Waals surface area contributed by atoms with Gasteiger partial charge in [-0.3, -0.25) is 9.52 Å². The summed E-state index contributed by atoms with van der Waals surface area (Å²) in [5.41, 5.74) is 2.14. The Balaban J connectivity index is 1.47. The van der Waals surface area contributed by atoms with Crippen LogP contribution < -0.4 is 15.7 Å². The Morgan fingerprint density at radius 3 is 2.30 bits per heavy atom. The highest BCUT2D eigenvalue weighted by Gasteiger charge is 2.17. The zero-order valence-electron chi connectivity index (χ0n) is 17.6. The SMILES string of the molecule is CCC(NC(=O)c1ccc(NS(=O)(=O)c2ccc3[nH]c(=O)[nH]c3c2)cc1)c1ccc(Cl)cc1. The number of carbonyl (C=O) groups excluding carboxylic acids is 1. The average molecular weight is 485 g/mol. The van der Waals surface area contributed by atoms with Gasteiger partial charge in [0.15, 0.2) is 0 Å². The van der Waals surface area contributed by atoms with Crippen molar-refractivity contribution in [1.29, 1.82) is 0 Å². The summed E-state index contributed by atoms with van der Waals surface area (Å²) in [7, 11) is -3.89. The van der Waals surface area contributed by atoms with E-state index in [1.807, 2.05) is 19.1 Å². The number of anilines is 1. The number of imidazole rings is 1. The number of amides is 1. The van der Waals surface area contributed by atoms with Crippen molar-refractivity contribution in [3.63, 3.8) is 0 Å². The van der Waals surface area contributed by atoms with E-state index in [4.69, 9.17) is 11.6 Å². The molecule has 0 fully saturated rings. The Bertz CT molecular complexity index is 1460. The van der Waals surface area contributed by atoms with Gasteiger partial charge in [-0.05, 0) is 66.6 Å². The maximum Gasteiger partial charge on any atom is 0.323 e. The number of sulfonamides is 1. The Hall–Kier alpha value is -3.56. The number of carbonyl (C=O) groups is 1. The first kappa shape index (κ1) is 22.6. The van der Waals surface area contributed by atoms with E-state index < -0.39 is 15.7 Å². The normalized spacial score (nSPS) is 12.4. The molecule has 1 atom stereocenters. The zero-order valence-corrected chi connectivity index (χ0v) is 19.1. The number of nitrogens with one attached hydrogen (secondary N) is 4. The van der Waals surface area contributed by atoms with Crippen LogP contribution >= 0.6 is 11.6 Å². The zero-order chi connectivity index (χ0) is 23.6. The highest BCUT2D eigenvalue weighted by Crippen LogP contribution is 2.22. The quantitative estimate of drug-likeness (QED) is 0.314. The van der Waals surface area contributed by atoms with Crippen LogP contribution in [0.4, 0.5) is 5.69 Å². The fraction of sp³-hybridized carbons (Fsp3) is 0.130. The molecule has 1 aromatic heterocycles. The van der Waals surface area contributed by atoms with Crippen molar-refractivity contribution in [2.45, 2.75) is 24.3 Å². The summed E-state index contributed by atoms with van der Waals surface area (Å²) in [6.07, 6.45) is 0.696. The van der Waals surface area contributed by atoms with Crippen LogP contribution in [-0.4, -0.2) is 24.3 Å². The highest BCUT2D eigenvalue weighted by molar-refractivity contribution is 7.92. The lowest BCUT2D eigenvalue weighted by Crippen LogP contribution is -2.28. The van der Waals surface area contributed by atoms with Gasteiger partial charge in [-0.2, -0.15) is 0 Å². The molecule has 1 unspecified atom stereocenters. The second-order valence-corrected chi connectivity index (χ2v) is 9.57. The maximum absolute atomic E-state index is 12.7. The summed E-state index contributed by atoms with van der Waals surface area (Å²) in [5.74, 6) is -0.270. The van der Waals surface area contributed by atoms with Crippen LogP contribution in [0.1, 0.15) is 35.3 Å². The minimum absolute atomic E-state index is 0.000761. The Morgan fingerprint density at radius 2 is 1.64 bits per heavy atom. The summed E-state index contributed by atoms with van der Waals surface area (Å²) in [6, 6.07) is 17.5. The minimum atomic E-state index is -3.89. The molecule has 8 nitrogen and oxygen atoms in total. The molecule has 0 saturated carbocycles. The molecule has 3 aromatic carbocycles. The van der Waals surface area contributed by atoms with Crippen molar-refractivity contribution >= 4 is 44.3 Å². The lowest BCUT2D eigenvalue weighted by molar-refractivity contribution is 0.0935. The number of fused-ring (bicyclic) bond motifs is 1. The number of hydrogen-bond acceptors (Lipinski definition) is 4. The monoisotopic (exact) mass is 484 g/mol. The molecule has 0 aliphatic rings. The van der Waals surface area contributed by atoms with E-state index in [-0.39, 0.29) is 16.8 Å². The summed E-state index contributed by atoms with van der Waals surface area (Å²) in [5, 5.41) is 3.60. The number of aromatic amines is 2. The third-order valence-electron chi connectivity index (χ3n) is 5.18. The van der Waals surface area contributed by atoms with E-state index in [1.54, 1.807) is 24.3 Å². The van der Waals surface area contributed by atoms with Gasteiger partial charge in [-0.1, -0.05) is 30.7 Å². The number of H-pyrrole nitrogens is 2. The summed E-state index contributed by atoms with van der Waals surface area (Å²) < 4.78 is 27.9. The number of rotatable bonds is 7.